The second-order valence-corrected chi connectivity index (χ2v) is 9.64. The van der Waals surface area contributed by atoms with Gasteiger partial charge in [0.25, 0.3) is 0 Å². The maximum Gasteiger partial charge on any atom is 0.0390 e. The molecule has 1 nitrogen and oxygen atoms in total. The molecular weight excluding hydrogens is 345 g/mol. The van der Waals surface area contributed by atoms with Crippen LogP contribution in [0.3, 0.4) is 0 Å². The fraction of sp³-hybridized carbons (Fsp3) is 0.480. The van der Waals surface area contributed by atoms with E-state index in [1.807, 2.05) is 0 Å². The second kappa shape index (κ2) is 10.8. The Bertz CT molecular complexity index is 777. The maximum atomic E-state index is 5.21. The highest BCUT2D eigenvalue weighted by atomic mass is 31.1. The highest BCUT2D eigenvalue weighted by molar-refractivity contribution is 7.60. The Kier molecular flexibility index (Phi) is 8.71. The molecule has 146 valence electrons. The van der Waals surface area contributed by atoms with E-state index in [1.54, 1.807) is 0 Å². The van der Waals surface area contributed by atoms with E-state index in [2.05, 4.69) is 83.4 Å². The van der Waals surface area contributed by atoms with Crippen LogP contribution in [0, 0.1) is 11.8 Å². The molecule has 0 spiro atoms. The van der Waals surface area contributed by atoms with Crippen LogP contribution in [-0.2, 0) is 6.42 Å². The molecule has 0 saturated carbocycles. The van der Waals surface area contributed by atoms with Gasteiger partial charge in [-0.3, -0.25) is 4.76 Å². The minimum absolute atomic E-state index is 0.513. The third-order valence-corrected chi connectivity index (χ3v) is 7.59. The minimum atomic E-state index is -0.513. The molecule has 2 rings (SSSR count). The van der Waals surface area contributed by atoms with Gasteiger partial charge in [-0.1, -0.05) is 89.6 Å². The van der Waals surface area contributed by atoms with E-state index in [1.165, 1.54) is 46.6 Å². The summed E-state index contributed by atoms with van der Waals surface area (Å²) in [5.41, 5.74) is 2.71. The van der Waals surface area contributed by atoms with Crippen molar-refractivity contribution in [3.63, 3.8) is 0 Å². The molecule has 0 aromatic heterocycles. The van der Waals surface area contributed by atoms with Gasteiger partial charge in [0, 0.05) is 20.2 Å². The molecule has 2 aromatic carbocycles. The van der Waals surface area contributed by atoms with E-state index < -0.39 is 8.07 Å². The van der Waals surface area contributed by atoms with Crippen LogP contribution in [0.2, 0.25) is 0 Å². The standard InChI is InChI=1S/C25H36NP/c1-7-9-14-25(26-27(6)21(5)20(4)19(3)8-2)18-22-15-16-23-12-10-11-13-24(23)17-22/h10-13,15-17,19-20H,5,7-9,14,18H2,1-4,6H3/b26-25+. The molecule has 0 heterocycles. The van der Waals surface area contributed by atoms with Gasteiger partial charge in [-0.15, -0.1) is 0 Å². The van der Waals surface area contributed by atoms with E-state index in [0.29, 0.717) is 11.8 Å². The summed E-state index contributed by atoms with van der Waals surface area (Å²) in [6.07, 6.45) is 5.68. The number of hydrogen-bond donors (Lipinski definition) is 0. The Morgan fingerprint density at radius 3 is 2.44 bits per heavy atom. The lowest BCUT2D eigenvalue weighted by Crippen LogP contribution is -2.09. The monoisotopic (exact) mass is 381 g/mol. The summed E-state index contributed by atoms with van der Waals surface area (Å²) in [6.45, 7) is 15.9. The predicted octanol–water partition coefficient (Wildman–Crippen LogP) is 8.24. The van der Waals surface area contributed by atoms with Gasteiger partial charge in [0.15, 0.2) is 0 Å². The van der Waals surface area contributed by atoms with Gasteiger partial charge >= 0.3 is 0 Å². The average molecular weight is 382 g/mol. The molecule has 3 unspecified atom stereocenters. The van der Waals surface area contributed by atoms with Crippen molar-refractivity contribution in [1.29, 1.82) is 0 Å². The van der Waals surface area contributed by atoms with Crippen molar-refractivity contribution >= 4 is 24.6 Å². The normalized spacial score (nSPS) is 15.5. The molecule has 2 heteroatoms. The molecule has 0 aliphatic rings. The van der Waals surface area contributed by atoms with Gasteiger partial charge < -0.3 is 0 Å². The number of hydrogen-bond acceptors (Lipinski definition) is 1. The van der Waals surface area contributed by atoms with Crippen LogP contribution in [-0.4, -0.2) is 12.4 Å². The molecule has 0 saturated heterocycles. The second-order valence-electron chi connectivity index (χ2n) is 7.82. The van der Waals surface area contributed by atoms with Crippen molar-refractivity contribution in [2.75, 3.05) is 6.66 Å². The molecule has 27 heavy (non-hydrogen) atoms. The fourth-order valence-electron chi connectivity index (χ4n) is 3.39. The fourth-order valence-corrected chi connectivity index (χ4v) is 4.96. The Morgan fingerprint density at radius 1 is 1.07 bits per heavy atom. The highest BCUT2D eigenvalue weighted by Crippen LogP contribution is 2.48. The predicted molar refractivity (Wildman–Crippen MR) is 125 cm³/mol. The maximum absolute atomic E-state index is 5.21. The first-order valence-corrected chi connectivity index (χ1v) is 12.2. The minimum Gasteiger partial charge on any atom is -0.266 e. The van der Waals surface area contributed by atoms with E-state index >= 15 is 0 Å². The Balaban J connectivity index is 2.19. The molecule has 3 atom stereocenters. The zero-order valence-electron chi connectivity index (χ0n) is 17.8. The number of benzene rings is 2. The summed E-state index contributed by atoms with van der Waals surface area (Å²) in [6, 6.07) is 15.4. The van der Waals surface area contributed by atoms with Crippen molar-refractivity contribution < 1.29 is 0 Å². The number of rotatable bonds is 10. The third-order valence-electron chi connectivity index (χ3n) is 5.77. The van der Waals surface area contributed by atoms with Crippen LogP contribution < -0.4 is 0 Å². The summed E-state index contributed by atoms with van der Waals surface area (Å²) >= 11 is 0. The summed E-state index contributed by atoms with van der Waals surface area (Å²) in [5, 5.41) is 3.96. The average Bonchev–Trinajstić information content (AvgIpc) is 2.70. The lowest BCUT2D eigenvalue weighted by atomic mass is 9.94. The molecule has 0 aliphatic heterocycles. The topological polar surface area (TPSA) is 12.4 Å². The first kappa shape index (κ1) is 21.8. The molecule has 0 radical (unpaired) electrons. The van der Waals surface area contributed by atoms with E-state index in [9.17, 15) is 0 Å². The van der Waals surface area contributed by atoms with Crippen molar-refractivity contribution in [1.82, 2.24) is 0 Å². The van der Waals surface area contributed by atoms with E-state index in [4.69, 9.17) is 4.76 Å². The number of fused-ring (bicyclic) bond motifs is 1. The third kappa shape index (κ3) is 6.28. The van der Waals surface area contributed by atoms with Crippen LogP contribution in [0.5, 0.6) is 0 Å². The van der Waals surface area contributed by atoms with Crippen LogP contribution >= 0.6 is 8.07 Å². The summed E-state index contributed by atoms with van der Waals surface area (Å²) in [4.78, 5) is 0. The molecule has 0 fully saturated rings. The zero-order chi connectivity index (χ0) is 19.8. The van der Waals surface area contributed by atoms with E-state index in [0.717, 1.165) is 12.8 Å². The first-order chi connectivity index (χ1) is 13.0. The van der Waals surface area contributed by atoms with Gasteiger partial charge in [-0.05, 0) is 53.0 Å². The smallest absolute Gasteiger partial charge is 0.0390 e. The van der Waals surface area contributed by atoms with Gasteiger partial charge in [0.05, 0.1) is 0 Å². The summed E-state index contributed by atoms with van der Waals surface area (Å²) in [5.74, 6) is 1.22. The SMILES string of the molecule is C=C(C(C)C(C)CC)P(C)/N=C(\CCCC)Cc1ccc2ccccc2c1. The molecule has 0 bridgehead atoms. The van der Waals surface area contributed by atoms with Gasteiger partial charge in [0.1, 0.15) is 0 Å². The number of unbranched alkanes of at least 4 members (excludes halogenated alkanes) is 1. The molecule has 0 N–H and O–H groups in total. The van der Waals surface area contributed by atoms with Crippen molar-refractivity contribution in [2.45, 2.75) is 59.8 Å². The largest absolute Gasteiger partial charge is 0.266 e. The quantitative estimate of drug-likeness (QED) is 0.290. The van der Waals surface area contributed by atoms with Crippen LogP contribution in [0.25, 0.3) is 10.8 Å². The van der Waals surface area contributed by atoms with Gasteiger partial charge in [-0.2, -0.15) is 0 Å². The number of allylic oxidation sites excluding steroid dienone is 1. The van der Waals surface area contributed by atoms with Crippen LogP contribution in [0.1, 0.15) is 58.9 Å². The Labute approximate surface area is 167 Å². The van der Waals surface area contributed by atoms with Crippen molar-refractivity contribution in [3.8, 4) is 0 Å². The molecule has 0 amide bonds. The van der Waals surface area contributed by atoms with Gasteiger partial charge in [0.2, 0.25) is 0 Å². The van der Waals surface area contributed by atoms with Crippen molar-refractivity contribution in [3.05, 3.63) is 59.9 Å². The first-order valence-electron chi connectivity index (χ1n) is 10.4. The molecular formula is C25H36NP. The summed E-state index contributed by atoms with van der Waals surface area (Å²) in [7, 11) is -0.513. The number of nitrogens with zero attached hydrogens (tertiary/aromatic N) is 1. The highest BCUT2D eigenvalue weighted by Gasteiger charge is 2.18. The Hall–Kier alpha value is -1.46. The Morgan fingerprint density at radius 2 is 1.78 bits per heavy atom. The van der Waals surface area contributed by atoms with Crippen molar-refractivity contribution in [2.24, 2.45) is 16.6 Å². The molecule has 2 aromatic rings. The van der Waals surface area contributed by atoms with E-state index in [-0.39, 0.29) is 0 Å². The van der Waals surface area contributed by atoms with Crippen LogP contribution in [0.15, 0.2) is 59.1 Å². The lowest BCUT2D eigenvalue weighted by molar-refractivity contribution is 0.441. The van der Waals surface area contributed by atoms with Gasteiger partial charge in [-0.25, -0.2) is 0 Å². The zero-order valence-corrected chi connectivity index (χ0v) is 18.7. The molecule has 0 aliphatic carbocycles. The summed E-state index contributed by atoms with van der Waals surface area (Å²) < 4.78 is 5.21. The van der Waals surface area contributed by atoms with Crippen LogP contribution in [0.4, 0.5) is 0 Å². The lowest BCUT2D eigenvalue weighted by Gasteiger charge is -2.24.